The lowest BCUT2D eigenvalue weighted by Gasteiger charge is -2.32. The van der Waals surface area contributed by atoms with E-state index in [-0.39, 0.29) is 0 Å². The molecule has 2 aliphatic rings. The summed E-state index contributed by atoms with van der Waals surface area (Å²) in [5.41, 5.74) is 7.04. The zero-order chi connectivity index (χ0) is 17.9. The maximum atomic E-state index is 6.05. The first-order valence-corrected chi connectivity index (χ1v) is 9.55. The standard InChI is InChI=1S/C19H28N6O/c1-24-18(22-23-19(24)15-9-16(20)10-15)12-25-7-4-17(5-8-25)26-13-14-3-2-6-21-11-14/h2-3,6,11,15-17H,4-5,7-10,12-13,20H2,1H3. The average Bonchev–Trinajstić information content (AvgIpc) is 2.99. The van der Waals surface area contributed by atoms with Gasteiger partial charge in [0.25, 0.3) is 0 Å². The van der Waals surface area contributed by atoms with E-state index in [1.165, 1.54) is 0 Å². The summed E-state index contributed by atoms with van der Waals surface area (Å²) in [5.74, 6) is 2.63. The third-order valence-electron chi connectivity index (χ3n) is 5.65. The van der Waals surface area contributed by atoms with Crippen LogP contribution < -0.4 is 5.73 Å². The van der Waals surface area contributed by atoms with Crippen molar-refractivity contribution in [1.82, 2.24) is 24.6 Å². The zero-order valence-corrected chi connectivity index (χ0v) is 15.4. The minimum Gasteiger partial charge on any atom is -0.373 e. The Morgan fingerprint density at radius 2 is 2.04 bits per heavy atom. The number of nitrogens with two attached hydrogens (primary N) is 1. The van der Waals surface area contributed by atoms with Crippen LogP contribution in [0.4, 0.5) is 0 Å². The highest BCUT2D eigenvalue weighted by Crippen LogP contribution is 2.34. The molecule has 1 saturated carbocycles. The molecule has 140 valence electrons. The van der Waals surface area contributed by atoms with Crippen LogP contribution in [0.25, 0.3) is 0 Å². The highest BCUT2D eigenvalue weighted by molar-refractivity contribution is 5.08. The Morgan fingerprint density at radius 3 is 2.73 bits per heavy atom. The van der Waals surface area contributed by atoms with E-state index in [2.05, 4.69) is 37.8 Å². The van der Waals surface area contributed by atoms with Crippen molar-refractivity contribution in [2.24, 2.45) is 12.8 Å². The second kappa shape index (κ2) is 7.82. The molecule has 2 aromatic heterocycles. The van der Waals surface area contributed by atoms with Crippen LogP contribution >= 0.6 is 0 Å². The number of hydrogen-bond acceptors (Lipinski definition) is 6. The SMILES string of the molecule is Cn1c(CN2CCC(OCc3cccnc3)CC2)nnc1C1CC(N)C1. The molecular formula is C19H28N6O. The monoisotopic (exact) mass is 356 g/mol. The molecule has 3 heterocycles. The number of ether oxygens (including phenoxy) is 1. The Morgan fingerprint density at radius 1 is 1.23 bits per heavy atom. The van der Waals surface area contributed by atoms with E-state index in [1.54, 1.807) is 6.20 Å². The minimum atomic E-state index is 0.331. The van der Waals surface area contributed by atoms with E-state index in [9.17, 15) is 0 Å². The predicted octanol–water partition coefficient (Wildman–Crippen LogP) is 1.60. The second-order valence-corrected chi connectivity index (χ2v) is 7.61. The fourth-order valence-electron chi connectivity index (χ4n) is 3.87. The molecule has 1 aliphatic carbocycles. The molecule has 1 saturated heterocycles. The summed E-state index contributed by atoms with van der Waals surface area (Å²) in [7, 11) is 2.08. The number of likely N-dealkylation sites (tertiary alicyclic amines) is 1. The fraction of sp³-hybridized carbons (Fsp3) is 0.632. The van der Waals surface area contributed by atoms with Crippen LogP contribution in [0.1, 0.15) is 48.8 Å². The van der Waals surface area contributed by atoms with E-state index in [0.29, 0.717) is 24.7 Å². The lowest BCUT2D eigenvalue weighted by atomic mass is 9.80. The summed E-state index contributed by atoms with van der Waals surface area (Å²) in [5, 5.41) is 8.84. The summed E-state index contributed by atoms with van der Waals surface area (Å²) in [4.78, 5) is 6.58. The Hall–Kier alpha value is -1.83. The molecular weight excluding hydrogens is 328 g/mol. The first-order chi connectivity index (χ1) is 12.7. The van der Waals surface area contributed by atoms with Gasteiger partial charge >= 0.3 is 0 Å². The predicted molar refractivity (Wildman–Crippen MR) is 98.3 cm³/mol. The second-order valence-electron chi connectivity index (χ2n) is 7.61. The zero-order valence-electron chi connectivity index (χ0n) is 15.4. The van der Waals surface area contributed by atoms with Crippen molar-refractivity contribution >= 4 is 0 Å². The van der Waals surface area contributed by atoms with E-state index < -0.39 is 0 Å². The van der Waals surface area contributed by atoms with Crippen molar-refractivity contribution in [3.63, 3.8) is 0 Å². The lowest BCUT2D eigenvalue weighted by Crippen LogP contribution is -2.37. The number of pyridine rings is 1. The summed E-state index contributed by atoms with van der Waals surface area (Å²) in [6, 6.07) is 4.35. The minimum absolute atomic E-state index is 0.331. The maximum absolute atomic E-state index is 6.05. The molecule has 7 heteroatoms. The van der Waals surface area contributed by atoms with E-state index in [0.717, 1.165) is 62.5 Å². The van der Waals surface area contributed by atoms with Crippen LogP contribution in [0.3, 0.4) is 0 Å². The van der Waals surface area contributed by atoms with Gasteiger partial charge in [-0.25, -0.2) is 0 Å². The van der Waals surface area contributed by atoms with Gasteiger partial charge in [0.05, 0.1) is 19.3 Å². The van der Waals surface area contributed by atoms with Gasteiger partial charge in [-0.15, -0.1) is 10.2 Å². The molecule has 0 amide bonds. The van der Waals surface area contributed by atoms with Gasteiger partial charge in [-0.2, -0.15) is 0 Å². The average molecular weight is 356 g/mol. The van der Waals surface area contributed by atoms with Crippen molar-refractivity contribution in [3.05, 3.63) is 41.7 Å². The van der Waals surface area contributed by atoms with Gasteiger partial charge in [0.2, 0.25) is 0 Å². The molecule has 1 aliphatic heterocycles. The van der Waals surface area contributed by atoms with Gasteiger partial charge in [0.15, 0.2) is 0 Å². The normalized spacial score (nSPS) is 24.5. The van der Waals surface area contributed by atoms with E-state index in [4.69, 9.17) is 10.5 Å². The number of piperidine rings is 1. The first kappa shape index (κ1) is 17.6. The largest absolute Gasteiger partial charge is 0.373 e. The van der Waals surface area contributed by atoms with Gasteiger partial charge in [-0.3, -0.25) is 9.88 Å². The Kier molecular flexibility index (Phi) is 5.28. The van der Waals surface area contributed by atoms with Crippen LogP contribution in [0.5, 0.6) is 0 Å². The van der Waals surface area contributed by atoms with E-state index in [1.807, 2.05) is 12.3 Å². The number of aromatic nitrogens is 4. The van der Waals surface area contributed by atoms with Crippen molar-refractivity contribution in [3.8, 4) is 0 Å². The molecule has 26 heavy (non-hydrogen) atoms. The summed E-state index contributed by atoms with van der Waals surface area (Å²) in [6.45, 7) is 3.58. The van der Waals surface area contributed by atoms with Crippen molar-refractivity contribution < 1.29 is 4.74 Å². The summed E-state index contributed by atoms with van der Waals surface area (Å²) >= 11 is 0. The highest BCUT2D eigenvalue weighted by atomic mass is 16.5. The van der Waals surface area contributed by atoms with Crippen molar-refractivity contribution in [1.29, 1.82) is 0 Å². The van der Waals surface area contributed by atoms with Crippen LogP contribution in [-0.2, 0) is 24.9 Å². The van der Waals surface area contributed by atoms with E-state index >= 15 is 0 Å². The molecule has 2 fully saturated rings. The van der Waals surface area contributed by atoms with Gasteiger partial charge in [0, 0.05) is 44.5 Å². The van der Waals surface area contributed by atoms with Gasteiger partial charge in [0.1, 0.15) is 11.6 Å². The van der Waals surface area contributed by atoms with Gasteiger partial charge in [-0.05, 0) is 37.3 Å². The molecule has 0 bridgehead atoms. The van der Waals surface area contributed by atoms with Crippen molar-refractivity contribution in [2.45, 2.75) is 56.9 Å². The summed E-state index contributed by atoms with van der Waals surface area (Å²) in [6.07, 6.45) is 8.18. The van der Waals surface area contributed by atoms with Gasteiger partial charge in [-0.1, -0.05) is 6.07 Å². The number of rotatable bonds is 6. The topological polar surface area (TPSA) is 82.1 Å². The number of nitrogens with zero attached hydrogens (tertiary/aromatic N) is 5. The quantitative estimate of drug-likeness (QED) is 0.846. The first-order valence-electron chi connectivity index (χ1n) is 9.55. The molecule has 2 N–H and O–H groups in total. The van der Waals surface area contributed by atoms with Crippen LogP contribution in [0.2, 0.25) is 0 Å². The van der Waals surface area contributed by atoms with Crippen LogP contribution in [0, 0.1) is 0 Å². The Bertz CT molecular complexity index is 704. The Balaban J connectivity index is 1.24. The summed E-state index contributed by atoms with van der Waals surface area (Å²) < 4.78 is 8.22. The fourth-order valence-corrected chi connectivity index (χ4v) is 3.87. The van der Waals surface area contributed by atoms with Gasteiger partial charge < -0.3 is 15.0 Å². The van der Waals surface area contributed by atoms with Crippen molar-refractivity contribution in [2.75, 3.05) is 13.1 Å². The molecule has 4 rings (SSSR count). The molecule has 0 aromatic carbocycles. The molecule has 0 unspecified atom stereocenters. The molecule has 0 atom stereocenters. The lowest BCUT2D eigenvalue weighted by molar-refractivity contribution is -0.00461. The molecule has 7 nitrogen and oxygen atoms in total. The molecule has 0 radical (unpaired) electrons. The van der Waals surface area contributed by atoms with Crippen LogP contribution in [0.15, 0.2) is 24.5 Å². The van der Waals surface area contributed by atoms with Crippen LogP contribution in [-0.4, -0.2) is 49.9 Å². The molecule has 2 aromatic rings. The highest BCUT2D eigenvalue weighted by Gasteiger charge is 2.31. The maximum Gasteiger partial charge on any atom is 0.146 e. The number of hydrogen-bond donors (Lipinski definition) is 1. The third kappa shape index (κ3) is 3.95. The third-order valence-corrected chi connectivity index (χ3v) is 5.65. The Labute approximate surface area is 154 Å². The smallest absolute Gasteiger partial charge is 0.146 e. The molecule has 0 spiro atoms.